The Bertz CT molecular complexity index is 149. The van der Waals surface area contributed by atoms with Gasteiger partial charge in [-0.3, -0.25) is 0 Å². The van der Waals surface area contributed by atoms with E-state index >= 15 is 0 Å². The molecule has 64 valence electrons. The van der Waals surface area contributed by atoms with Crippen LogP contribution in [0.3, 0.4) is 0 Å². The van der Waals surface area contributed by atoms with Gasteiger partial charge in [0, 0.05) is 0 Å². The number of carbonyl (C=O) groups excluding carboxylic acids is 1. The summed E-state index contributed by atoms with van der Waals surface area (Å²) in [6.45, 7) is 3.29. The van der Waals surface area contributed by atoms with E-state index in [2.05, 4.69) is 0 Å². The molecule has 0 aromatic carbocycles. The van der Waals surface area contributed by atoms with E-state index in [-0.39, 0.29) is 6.10 Å². The highest BCUT2D eigenvalue weighted by Gasteiger charge is 2.31. The Hall–Kier alpha value is -0.570. The van der Waals surface area contributed by atoms with Crippen LogP contribution in [-0.2, 0) is 9.53 Å². The van der Waals surface area contributed by atoms with Crippen molar-refractivity contribution in [3.8, 4) is 0 Å². The van der Waals surface area contributed by atoms with Crippen LogP contribution in [0.1, 0.15) is 26.7 Å². The third-order valence-corrected chi connectivity index (χ3v) is 1.93. The summed E-state index contributed by atoms with van der Waals surface area (Å²) in [7, 11) is 0. The summed E-state index contributed by atoms with van der Waals surface area (Å²) in [4.78, 5) is 10.8. The molecule has 0 amide bonds. The fourth-order valence-electron chi connectivity index (χ4n) is 0.944. The summed E-state index contributed by atoms with van der Waals surface area (Å²) in [6, 6.07) is 0. The summed E-state index contributed by atoms with van der Waals surface area (Å²) in [5, 5.41) is 8.80. The molecule has 1 rings (SSSR count). The number of carbonyl (C=O) groups is 1. The molecule has 0 unspecified atom stereocenters. The number of aliphatic hydroxyl groups excluding tert-OH is 1. The summed E-state index contributed by atoms with van der Waals surface area (Å²) in [5.41, 5.74) is 0. The van der Waals surface area contributed by atoms with Crippen LogP contribution in [0, 0.1) is 5.92 Å². The first-order chi connectivity index (χ1) is 5.11. The van der Waals surface area contributed by atoms with Crippen molar-refractivity contribution in [1.82, 2.24) is 0 Å². The van der Waals surface area contributed by atoms with Gasteiger partial charge in [-0.2, -0.15) is 0 Å². The topological polar surface area (TPSA) is 46.5 Å². The molecule has 0 radical (unpaired) electrons. The van der Waals surface area contributed by atoms with Crippen molar-refractivity contribution in [2.45, 2.75) is 38.9 Å². The molecule has 0 spiro atoms. The second-order valence-corrected chi connectivity index (χ2v) is 3.16. The Labute approximate surface area is 66.4 Å². The van der Waals surface area contributed by atoms with Crippen LogP contribution in [0.5, 0.6) is 0 Å². The highest BCUT2D eigenvalue weighted by Crippen LogP contribution is 2.34. The molecule has 0 aromatic rings. The zero-order valence-corrected chi connectivity index (χ0v) is 6.91. The quantitative estimate of drug-likeness (QED) is 0.615. The van der Waals surface area contributed by atoms with Crippen LogP contribution in [0.25, 0.3) is 0 Å². The normalized spacial score (nSPS) is 22.5. The predicted molar refractivity (Wildman–Crippen MR) is 40.0 cm³/mol. The van der Waals surface area contributed by atoms with Crippen molar-refractivity contribution in [3.63, 3.8) is 0 Å². The van der Waals surface area contributed by atoms with Gasteiger partial charge < -0.3 is 9.84 Å². The Balaban J connectivity index is 2.23. The third kappa shape index (κ3) is 2.50. The summed E-state index contributed by atoms with van der Waals surface area (Å²) in [6.07, 6.45) is 1.29. The molecule has 1 aliphatic rings. The van der Waals surface area contributed by atoms with Crippen LogP contribution >= 0.6 is 0 Å². The molecule has 1 fully saturated rings. The lowest BCUT2D eigenvalue weighted by molar-refractivity contribution is -0.158. The standard InChI is InChI=1S/C8H14O3/c1-5(9)8(10)11-6(2)7-3-4-7/h5-7,9H,3-4H2,1-2H3/t5-,6-/m0/s1. The van der Waals surface area contributed by atoms with Crippen molar-refractivity contribution in [3.05, 3.63) is 0 Å². The van der Waals surface area contributed by atoms with Gasteiger partial charge in [0.1, 0.15) is 12.2 Å². The van der Waals surface area contributed by atoms with Crippen LogP contribution in [-0.4, -0.2) is 23.3 Å². The highest BCUT2D eigenvalue weighted by molar-refractivity contribution is 5.73. The number of hydrogen-bond donors (Lipinski definition) is 1. The van der Waals surface area contributed by atoms with Crippen molar-refractivity contribution in [1.29, 1.82) is 0 Å². The SMILES string of the molecule is C[C@H](O)C(=O)O[C@@H](C)C1CC1. The van der Waals surface area contributed by atoms with Crippen molar-refractivity contribution in [2.75, 3.05) is 0 Å². The number of hydrogen-bond acceptors (Lipinski definition) is 3. The summed E-state index contributed by atoms with van der Waals surface area (Å²) >= 11 is 0. The fraction of sp³-hybridized carbons (Fsp3) is 0.875. The average Bonchev–Trinajstić information content (AvgIpc) is 2.67. The van der Waals surface area contributed by atoms with E-state index in [1.807, 2.05) is 6.92 Å². The van der Waals surface area contributed by atoms with Crippen LogP contribution < -0.4 is 0 Å². The molecule has 0 bridgehead atoms. The van der Waals surface area contributed by atoms with E-state index < -0.39 is 12.1 Å². The molecule has 11 heavy (non-hydrogen) atoms. The van der Waals surface area contributed by atoms with Gasteiger partial charge in [0.25, 0.3) is 0 Å². The molecule has 1 N–H and O–H groups in total. The predicted octanol–water partition coefficient (Wildman–Crippen LogP) is 0.709. The number of aliphatic hydroxyl groups is 1. The number of esters is 1. The van der Waals surface area contributed by atoms with Gasteiger partial charge in [-0.1, -0.05) is 0 Å². The van der Waals surface area contributed by atoms with Crippen LogP contribution in [0.2, 0.25) is 0 Å². The lowest BCUT2D eigenvalue weighted by Crippen LogP contribution is -2.25. The van der Waals surface area contributed by atoms with Gasteiger partial charge in [-0.15, -0.1) is 0 Å². The molecular weight excluding hydrogens is 144 g/mol. The molecule has 0 aromatic heterocycles. The average molecular weight is 158 g/mol. The van der Waals surface area contributed by atoms with Crippen molar-refractivity contribution < 1.29 is 14.6 Å². The molecule has 0 saturated heterocycles. The first-order valence-corrected chi connectivity index (χ1v) is 4.00. The fourth-order valence-corrected chi connectivity index (χ4v) is 0.944. The molecule has 1 aliphatic carbocycles. The summed E-state index contributed by atoms with van der Waals surface area (Å²) in [5.74, 6) is 0.0297. The van der Waals surface area contributed by atoms with Gasteiger partial charge >= 0.3 is 5.97 Å². The van der Waals surface area contributed by atoms with E-state index in [0.29, 0.717) is 5.92 Å². The first-order valence-electron chi connectivity index (χ1n) is 4.00. The highest BCUT2D eigenvalue weighted by atomic mass is 16.6. The Morgan fingerprint density at radius 1 is 1.55 bits per heavy atom. The van der Waals surface area contributed by atoms with Gasteiger partial charge in [-0.25, -0.2) is 4.79 Å². The maximum Gasteiger partial charge on any atom is 0.334 e. The molecule has 2 atom stereocenters. The molecule has 3 heteroatoms. The molecular formula is C8H14O3. The van der Waals surface area contributed by atoms with E-state index in [4.69, 9.17) is 9.84 Å². The number of rotatable bonds is 3. The van der Waals surface area contributed by atoms with Gasteiger partial charge in [0.05, 0.1) is 0 Å². The van der Waals surface area contributed by atoms with Gasteiger partial charge in [0.2, 0.25) is 0 Å². The molecule has 1 saturated carbocycles. The van der Waals surface area contributed by atoms with Gasteiger partial charge in [0.15, 0.2) is 0 Å². The van der Waals surface area contributed by atoms with Crippen LogP contribution in [0.15, 0.2) is 0 Å². The molecule has 0 aliphatic heterocycles. The smallest absolute Gasteiger partial charge is 0.334 e. The zero-order valence-electron chi connectivity index (χ0n) is 6.91. The Morgan fingerprint density at radius 2 is 2.09 bits per heavy atom. The Kier molecular flexibility index (Phi) is 2.49. The largest absolute Gasteiger partial charge is 0.460 e. The maximum absolute atomic E-state index is 10.8. The minimum absolute atomic E-state index is 0.0166. The minimum atomic E-state index is -0.990. The Morgan fingerprint density at radius 3 is 2.45 bits per heavy atom. The molecule has 3 nitrogen and oxygen atoms in total. The lowest BCUT2D eigenvalue weighted by Gasteiger charge is -2.12. The molecule has 0 heterocycles. The van der Waals surface area contributed by atoms with E-state index in [1.54, 1.807) is 0 Å². The first kappa shape index (κ1) is 8.53. The summed E-state index contributed by atoms with van der Waals surface area (Å²) < 4.78 is 4.95. The third-order valence-electron chi connectivity index (χ3n) is 1.93. The van der Waals surface area contributed by atoms with Gasteiger partial charge in [-0.05, 0) is 32.6 Å². The van der Waals surface area contributed by atoms with E-state index in [1.165, 1.54) is 6.92 Å². The van der Waals surface area contributed by atoms with E-state index in [0.717, 1.165) is 12.8 Å². The second-order valence-electron chi connectivity index (χ2n) is 3.16. The second kappa shape index (κ2) is 3.22. The maximum atomic E-state index is 10.8. The number of ether oxygens (including phenoxy) is 1. The lowest BCUT2D eigenvalue weighted by atomic mass is 10.2. The van der Waals surface area contributed by atoms with Crippen LogP contribution in [0.4, 0.5) is 0 Å². The van der Waals surface area contributed by atoms with E-state index in [9.17, 15) is 4.79 Å². The minimum Gasteiger partial charge on any atom is -0.460 e. The monoisotopic (exact) mass is 158 g/mol. The van der Waals surface area contributed by atoms with Crippen molar-refractivity contribution >= 4 is 5.97 Å². The zero-order chi connectivity index (χ0) is 8.43. The van der Waals surface area contributed by atoms with Crippen molar-refractivity contribution in [2.24, 2.45) is 5.92 Å².